The number of hydrogen-bond acceptors (Lipinski definition) is 7. The Labute approximate surface area is 203 Å². The molecule has 0 spiro atoms. The van der Waals surface area contributed by atoms with Gasteiger partial charge in [-0.2, -0.15) is 0 Å². The van der Waals surface area contributed by atoms with E-state index in [1.54, 1.807) is 39.8 Å². The standard InChI is InChI=1S/C28H27NO6/c1-5-33-27(31)22-16(3)29-17(4)23(28(32)34-6-2)24(22)20-14-10-13-19-15-21(26(30)35-25(19)20)18-11-8-7-9-12-18/h7-15,24,29H,5-6H2,1-4H3. The monoisotopic (exact) mass is 473 g/mol. The zero-order valence-corrected chi connectivity index (χ0v) is 20.1. The van der Waals surface area contributed by atoms with Crippen LogP contribution in [0.5, 0.6) is 0 Å². The molecule has 0 saturated carbocycles. The van der Waals surface area contributed by atoms with Crippen LogP contribution in [0, 0.1) is 0 Å². The number of carbonyl (C=O) groups is 2. The number of para-hydroxylation sites is 1. The fourth-order valence-electron chi connectivity index (χ4n) is 4.48. The molecule has 0 atom stereocenters. The van der Waals surface area contributed by atoms with Crippen molar-refractivity contribution in [2.45, 2.75) is 33.6 Å². The lowest BCUT2D eigenvalue weighted by atomic mass is 9.79. The number of allylic oxidation sites excluding steroid dienone is 2. The van der Waals surface area contributed by atoms with Crippen LogP contribution in [0.3, 0.4) is 0 Å². The summed E-state index contributed by atoms with van der Waals surface area (Å²) in [7, 11) is 0. The number of esters is 2. The molecule has 7 nitrogen and oxygen atoms in total. The molecule has 7 heteroatoms. The minimum atomic E-state index is -0.844. The van der Waals surface area contributed by atoms with Gasteiger partial charge in [-0.15, -0.1) is 0 Å². The van der Waals surface area contributed by atoms with Crippen molar-refractivity contribution in [1.82, 2.24) is 5.32 Å². The summed E-state index contributed by atoms with van der Waals surface area (Å²) in [5.41, 5.74) is 3.10. The van der Waals surface area contributed by atoms with E-state index in [4.69, 9.17) is 13.9 Å². The molecule has 0 radical (unpaired) electrons. The first kappa shape index (κ1) is 24.0. The summed E-state index contributed by atoms with van der Waals surface area (Å²) in [6.07, 6.45) is 0. The smallest absolute Gasteiger partial charge is 0.344 e. The van der Waals surface area contributed by atoms with Crippen LogP contribution < -0.4 is 10.9 Å². The lowest BCUT2D eigenvalue weighted by Gasteiger charge is -2.30. The molecule has 35 heavy (non-hydrogen) atoms. The highest BCUT2D eigenvalue weighted by molar-refractivity contribution is 6.01. The second-order valence-corrected chi connectivity index (χ2v) is 8.16. The Hall–Kier alpha value is -4.13. The Bertz CT molecular complexity index is 1370. The van der Waals surface area contributed by atoms with Crippen LogP contribution in [0.4, 0.5) is 0 Å². The minimum absolute atomic E-state index is 0.171. The third-order valence-corrected chi connectivity index (χ3v) is 5.94. The number of nitrogens with one attached hydrogen (secondary N) is 1. The Morgan fingerprint density at radius 3 is 2.06 bits per heavy atom. The van der Waals surface area contributed by atoms with E-state index in [0.717, 1.165) is 5.56 Å². The molecule has 1 aromatic heterocycles. The second-order valence-electron chi connectivity index (χ2n) is 8.16. The molecule has 2 heterocycles. The lowest BCUT2D eigenvalue weighted by Crippen LogP contribution is -2.32. The van der Waals surface area contributed by atoms with E-state index in [-0.39, 0.29) is 24.4 Å². The number of hydrogen-bond donors (Lipinski definition) is 1. The molecular weight excluding hydrogens is 446 g/mol. The van der Waals surface area contributed by atoms with Gasteiger partial charge in [-0.3, -0.25) is 0 Å². The molecule has 1 aliphatic rings. The van der Waals surface area contributed by atoms with E-state index in [2.05, 4.69) is 5.32 Å². The second kappa shape index (κ2) is 10.0. The molecule has 0 amide bonds. The normalized spacial score (nSPS) is 14.2. The van der Waals surface area contributed by atoms with Gasteiger partial charge in [0.05, 0.1) is 35.8 Å². The highest BCUT2D eigenvalue weighted by Crippen LogP contribution is 2.42. The minimum Gasteiger partial charge on any atom is -0.463 e. The summed E-state index contributed by atoms with van der Waals surface area (Å²) in [4.78, 5) is 39.2. The van der Waals surface area contributed by atoms with Crippen molar-refractivity contribution in [3.8, 4) is 11.1 Å². The van der Waals surface area contributed by atoms with Crippen LogP contribution in [0.25, 0.3) is 22.1 Å². The molecule has 2 aromatic carbocycles. The van der Waals surface area contributed by atoms with Gasteiger partial charge in [0.1, 0.15) is 5.58 Å². The number of rotatable bonds is 6. The summed E-state index contributed by atoms with van der Waals surface area (Å²) < 4.78 is 16.5. The van der Waals surface area contributed by atoms with Gasteiger partial charge in [0.15, 0.2) is 0 Å². The molecular formula is C28H27NO6. The van der Waals surface area contributed by atoms with E-state index in [1.807, 2.05) is 42.5 Å². The van der Waals surface area contributed by atoms with Crippen LogP contribution in [0.15, 0.2) is 86.3 Å². The molecule has 1 N–H and O–H groups in total. The van der Waals surface area contributed by atoms with Gasteiger partial charge in [0.2, 0.25) is 0 Å². The fourth-order valence-corrected chi connectivity index (χ4v) is 4.48. The van der Waals surface area contributed by atoms with Gasteiger partial charge < -0.3 is 19.2 Å². The van der Waals surface area contributed by atoms with Gasteiger partial charge in [-0.05, 0) is 39.3 Å². The maximum Gasteiger partial charge on any atom is 0.344 e. The first-order valence-electron chi connectivity index (χ1n) is 11.5. The van der Waals surface area contributed by atoms with E-state index in [1.165, 1.54) is 0 Å². The maximum atomic E-state index is 13.1. The van der Waals surface area contributed by atoms with Crippen molar-refractivity contribution in [3.05, 3.63) is 93.1 Å². The first-order valence-corrected chi connectivity index (χ1v) is 11.5. The highest BCUT2D eigenvalue weighted by atomic mass is 16.5. The number of fused-ring (bicyclic) bond motifs is 1. The summed E-state index contributed by atoms with van der Waals surface area (Å²) >= 11 is 0. The number of ether oxygens (including phenoxy) is 2. The number of carbonyl (C=O) groups excluding carboxylic acids is 2. The van der Waals surface area contributed by atoms with Crippen LogP contribution in [-0.2, 0) is 19.1 Å². The highest BCUT2D eigenvalue weighted by Gasteiger charge is 2.39. The van der Waals surface area contributed by atoms with Gasteiger partial charge in [0, 0.05) is 22.3 Å². The predicted octanol–water partition coefficient (Wildman–Crippen LogP) is 4.82. The maximum absolute atomic E-state index is 13.1. The van der Waals surface area contributed by atoms with Crippen molar-refractivity contribution < 1.29 is 23.5 Å². The third kappa shape index (κ3) is 4.49. The average Bonchev–Trinajstić information content (AvgIpc) is 2.83. The molecule has 0 fully saturated rings. The van der Waals surface area contributed by atoms with Crippen molar-refractivity contribution >= 4 is 22.9 Å². The van der Waals surface area contributed by atoms with E-state index < -0.39 is 23.5 Å². The van der Waals surface area contributed by atoms with Crippen LogP contribution >= 0.6 is 0 Å². The molecule has 3 aromatic rings. The van der Waals surface area contributed by atoms with Crippen LogP contribution in [0.1, 0.15) is 39.2 Å². The molecule has 1 aliphatic heterocycles. The molecule has 4 rings (SSSR count). The zero-order valence-electron chi connectivity index (χ0n) is 20.1. The fraction of sp³-hybridized carbons (Fsp3) is 0.250. The van der Waals surface area contributed by atoms with Crippen LogP contribution in [0.2, 0.25) is 0 Å². The van der Waals surface area contributed by atoms with Crippen molar-refractivity contribution in [2.24, 2.45) is 0 Å². The largest absolute Gasteiger partial charge is 0.463 e. The Balaban J connectivity index is 1.98. The quantitative estimate of drug-likeness (QED) is 0.405. The summed E-state index contributed by atoms with van der Waals surface area (Å²) in [6, 6.07) is 16.4. The molecule has 0 aliphatic carbocycles. The van der Waals surface area contributed by atoms with Gasteiger partial charge in [-0.25, -0.2) is 14.4 Å². The van der Waals surface area contributed by atoms with Crippen molar-refractivity contribution in [3.63, 3.8) is 0 Å². The van der Waals surface area contributed by atoms with Gasteiger partial charge in [0.25, 0.3) is 0 Å². The molecule has 0 unspecified atom stereocenters. The Morgan fingerprint density at radius 1 is 0.886 bits per heavy atom. The van der Waals surface area contributed by atoms with Crippen molar-refractivity contribution in [2.75, 3.05) is 13.2 Å². The van der Waals surface area contributed by atoms with Crippen LogP contribution in [-0.4, -0.2) is 25.2 Å². The summed E-state index contributed by atoms with van der Waals surface area (Å²) in [5.74, 6) is -1.96. The van der Waals surface area contributed by atoms with E-state index in [0.29, 0.717) is 33.5 Å². The topological polar surface area (TPSA) is 94.8 Å². The average molecular weight is 474 g/mol. The van der Waals surface area contributed by atoms with E-state index >= 15 is 0 Å². The first-order chi connectivity index (χ1) is 16.9. The summed E-state index contributed by atoms with van der Waals surface area (Å²) in [5, 5.41) is 3.78. The zero-order chi connectivity index (χ0) is 25.1. The van der Waals surface area contributed by atoms with E-state index in [9.17, 15) is 14.4 Å². The number of benzene rings is 2. The Kier molecular flexibility index (Phi) is 6.87. The predicted molar refractivity (Wildman–Crippen MR) is 132 cm³/mol. The lowest BCUT2D eigenvalue weighted by molar-refractivity contribution is -0.139. The van der Waals surface area contributed by atoms with Crippen molar-refractivity contribution in [1.29, 1.82) is 0 Å². The molecule has 180 valence electrons. The molecule has 0 saturated heterocycles. The summed E-state index contributed by atoms with van der Waals surface area (Å²) in [6.45, 7) is 7.28. The Morgan fingerprint density at radius 2 is 1.49 bits per heavy atom. The SMILES string of the molecule is CCOC(=O)C1=C(C)NC(C)=C(C(=O)OCC)C1c1cccc2cc(-c3ccccc3)c(=O)oc12. The third-order valence-electron chi connectivity index (χ3n) is 5.94. The number of dihydropyridines is 1. The van der Waals surface area contributed by atoms with Gasteiger partial charge >= 0.3 is 17.6 Å². The van der Waals surface area contributed by atoms with Gasteiger partial charge in [-0.1, -0.05) is 48.5 Å². The molecule has 0 bridgehead atoms.